The summed E-state index contributed by atoms with van der Waals surface area (Å²) in [5, 5.41) is 11.3. The SMILES string of the molecule is COC1(O[Si](C)(C)C)C(NC(=O)OC(C)(C)C)CSC1C(=O)O. The first-order valence-electron chi connectivity index (χ1n) is 7.40. The molecule has 0 aliphatic carbocycles. The van der Waals surface area contributed by atoms with E-state index in [1.54, 1.807) is 20.8 Å². The highest BCUT2D eigenvalue weighted by atomic mass is 32.2. The van der Waals surface area contributed by atoms with Gasteiger partial charge in [0.1, 0.15) is 5.60 Å². The second kappa shape index (κ2) is 7.00. The van der Waals surface area contributed by atoms with Gasteiger partial charge in [0, 0.05) is 12.9 Å². The van der Waals surface area contributed by atoms with Gasteiger partial charge in [0.25, 0.3) is 0 Å². The topological polar surface area (TPSA) is 94.1 Å². The van der Waals surface area contributed by atoms with E-state index in [0.29, 0.717) is 5.75 Å². The first-order chi connectivity index (χ1) is 10.3. The van der Waals surface area contributed by atoms with Crippen molar-refractivity contribution in [3.05, 3.63) is 0 Å². The minimum absolute atomic E-state index is 0.370. The van der Waals surface area contributed by atoms with Crippen LogP contribution in [-0.2, 0) is 18.7 Å². The number of thioether (sulfide) groups is 1. The number of rotatable bonds is 5. The van der Waals surface area contributed by atoms with Crippen LogP contribution in [0, 0.1) is 0 Å². The highest BCUT2D eigenvalue weighted by Crippen LogP contribution is 2.41. The van der Waals surface area contributed by atoms with Crippen molar-refractivity contribution >= 4 is 32.1 Å². The molecule has 0 radical (unpaired) electrons. The standard InChI is InChI=1S/C14H27NO6SSi/c1-13(2,3)20-12(18)15-9-8-22-10(11(16)17)14(9,19-4)21-23(5,6)7/h9-10H,8H2,1-7H3,(H,15,18)(H,16,17). The first-order valence-corrected chi connectivity index (χ1v) is 11.9. The number of carboxylic acid groups (broad SMARTS) is 1. The summed E-state index contributed by atoms with van der Waals surface area (Å²) in [6.07, 6.45) is -0.616. The van der Waals surface area contributed by atoms with Gasteiger partial charge in [-0.25, -0.2) is 4.79 Å². The van der Waals surface area contributed by atoms with Crippen molar-refractivity contribution in [1.29, 1.82) is 0 Å². The minimum Gasteiger partial charge on any atom is -0.480 e. The molecule has 1 fully saturated rings. The summed E-state index contributed by atoms with van der Waals surface area (Å²) < 4.78 is 16.9. The van der Waals surface area contributed by atoms with Gasteiger partial charge in [-0.2, -0.15) is 0 Å². The smallest absolute Gasteiger partial charge is 0.408 e. The highest BCUT2D eigenvalue weighted by molar-refractivity contribution is 8.01. The molecule has 1 aliphatic rings. The molecule has 0 aromatic carbocycles. The van der Waals surface area contributed by atoms with E-state index in [2.05, 4.69) is 5.32 Å². The number of amides is 1. The van der Waals surface area contributed by atoms with Gasteiger partial charge in [-0.15, -0.1) is 11.8 Å². The molecular formula is C14H27NO6SSi. The Kier molecular flexibility index (Phi) is 6.17. The zero-order chi connectivity index (χ0) is 18.1. The molecule has 0 aromatic heterocycles. The molecule has 3 unspecified atom stereocenters. The summed E-state index contributed by atoms with van der Waals surface area (Å²) in [7, 11) is -0.728. The summed E-state index contributed by atoms with van der Waals surface area (Å²) in [6.45, 7) is 11.1. The maximum absolute atomic E-state index is 12.1. The Morgan fingerprint density at radius 1 is 1.30 bits per heavy atom. The fourth-order valence-electron chi connectivity index (χ4n) is 2.34. The lowest BCUT2D eigenvalue weighted by molar-refractivity contribution is -0.190. The van der Waals surface area contributed by atoms with Crippen molar-refractivity contribution in [2.24, 2.45) is 0 Å². The molecule has 0 aromatic rings. The largest absolute Gasteiger partial charge is 0.480 e. The average Bonchev–Trinajstić information content (AvgIpc) is 2.63. The molecule has 0 spiro atoms. The molecule has 0 bridgehead atoms. The molecular weight excluding hydrogens is 338 g/mol. The Hall–Kier alpha value is -0.773. The van der Waals surface area contributed by atoms with Gasteiger partial charge in [-0.05, 0) is 40.4 Å². The van der Waals surface area contributed by atoms with Crippen LogP contribution in [0.15, 0.2) is 0 Å². The van der Waals surface area contributed by atoms with Crippen molar-refractivity contribution in [2.75, 3.05) is 12.9 Å². The van der Waals surface area contributed by atoms with Crippen LogP contribution in [-0.4, -0.2) is 61.0 Å². The number of ether oxygens (including phenoxy) is 2. The summed E-state index contributed by atoms with van der Waals surface area (Å²) in [5.74, 6) is -2.06. The first kappa shape index (κ1) is 20.3. The van der Waals surface area contributed by atoms with Crippen LogP contribution in [0.25, 0.3) is 0 Å². The van der Waals surface area contributed by atoms with Crippen LogP contribution in [0.1, 0.15) is 20.8 Å². The fourth-order valence-corrected chi connectivity index (χ4v) is 5.11. The van der Waals surface area contributed by atoms with E-state index >= 15 is 0 Å². The zero-order valence-electron chi connectivity index (χ0n) is 14.8. The van der Waals surface area contributed by atoms with Crippen LogP contribution in [0.3, 0.4) is 0 Å². The van der Waals surface area contributed by atoms with Gasteiger partial charge in [-0.3, -0.25) is 4.79 Å². The summed E-state index contributed by atoms with van der Waals surface area (Å²) in [5.41, 5.74) is -0.641. The maximum atomic E-state index is 12.1. The van der Waals surface area contributed by atoms with E-state index in [-0.39, 0.29) is 0 Å². The molecule has 9 heteroatoms. The van der Waals surface area contributed by atoms with Crippen LogP contribution in [0.2, 0.25) is 19.6 Å². The second-order valence-electron chi connectivity index (χ2n) is 7.39. The van der Waals surface area contributed by atoms with E-state index in [9.17, 15) is 14.7 Å². The zero-order valence-corrected chi connectivity index (χ0v) is 16.6. The fraction of sp³-hybridized carbons (Fsp3) is 0.857. The van der Waals surface area contributed by atoms with Crippen LogP contribution in [0.5, 0.6) is 0 Å². The lowest BCUT2D eigenvalue weighted by Crippen LogP contribution is -2.62. The van der Waals surface area contributed by atoms with E-state index in [0.717, 1.165) is 0 Å². The van der Waals surface area contributed by atoms with Crippen molar-refractivity contribution in [1.82, 2.24) is 5.32 Å². The molecule has 134 valence electrons. The molecule has 3 atom stereocenters. The van der Waals surface area contributed by atoms with Crippen molar-refractivity contribution in [3.8, 4) is 0 Å². The molecule has 1 heterocycles. The second-order valence-corrected chi connectivity index (χ2v) is 13.0. The highest BCUT2D eigenvalue weighted by Gasteiger charge is 2.58. The van der Waals surface area contributed by atoms with E-state index in [1.165, 1.54) is 18.9 Å². The van der Waals surface area contributed by atoms with Gasteiger partial charge in [0.15, 0.2) is 13.6 Å². The molecule has 1 aliphatic heterocycles. The monoisotopic (exact) mass is 365 g/mol. The molecule has 0 saturated carbocycles. The summed E-state index contributed by atoms with van der Waals surface area (Å²) in [4.78, 5) is 23.7. The molecule has 1 rings (SSSR count). The number of alkyl carbamates (subject to hydrolysis) is 1. The third-order valence-corrected chi connectivity index (χ3v) is 5.30. The number of nitrogens with one attached hydrogen (secondary N) is 1. The Balaban J connectivity index is 3.04. The Labute approximate surface area is 142 Å². The van der Waals surface area contributed by atoms with Crippen molar-refractivity contribution in [2.45, 2.75) is 63.1 Å². The predicted molar refractivity (Wildman–Crippen MR) is 91.2 cm³/mol. The van der Waals surface area contributed by atoms with Crippen LogP contribution in [0.4, 0.5) is 4.79 Å². The third kappa shape index (κ3) is 5.37. The lowest BCUT2D eigenvalue weighted by atomic mass is 10.1. The van der Waals surface area contributed by atoms with Gasteiger partial charge in [0.2, 0.25) is 5.79 Å². The normalized spacial score (nSPS) is 28.5. The number of carbonyl (C=O) groups is 2. The predicted octanol–water partition coefficient (Wildman–Crippen LogP) is 2.27. The number of carbonyl (C=O) groups excluding carboxylic acids is 1. The Morgan fingerprint density at radius 3 is 2.26 bits per heavy atom. The molecule has 1 saturated heterocycles. The third-order valence-electron chi connectivity index (χ3n) is 2.98. The molecule has 7 nitrogen and oxygen atoms in total. The van der Waals surface area contributed by atoms with Crippen molar-refractivity contribution < 1.29 is 28.6 Å². The summed E-state index contributed by atoms with van der Waals surface area (Å²) in [6, 6.07) is -0.611. The average molecular weight is 366 g/mol. The maximum Gasteiger partial charge on any atom is 0.408 e. The van der Waals surface area contributed by atoms with Crippen molar-refractivity contribution in [3.63, 3.8) is 0 Å². The minimum atomic E-state index is -2.14. The molecule has 2 N–H and O–H groups in total. The number of carboxylic acids is 1. The van der Waals surface area contributed by atoms with E-state index in [4.69, 9.17) is 13.9 Å². The van der Waals surface area contributed by atoms with Gasteiger partial charge >= 0.3 is 12.1 Å². The number of aliphatic carboxylic acids is 1. The van der Waals surface area contributed by atoms with Gasteiger partial charge in [-0.1, -0.05) is 0 Å². The van der Waals surface area contributed by atoms with Gasteiger partial charge < -0.3 is 24.3 Å². The van der Waals surface area contributed by atoms with Crippen LogP contribution >= 0.6 is 11.8 Å². The number of methoxy groups -OCH3 is 1. The molecule has 23 heavy (non-hydrogen) atoms. The lowest BCUT2D eigenvalue weighted by Gasteiger charge is -2.41. The number of hydrogen-bond acceptors (Lipinski definition) is 6. The van der Waals surface area contributed by atoms with E-state index in [1.807, 2.05) is 19.6 Å². The summed E-state index contributed by atoms with van der Waals surface area (Å²) >= 11 is 1.19. The van der Waals surface area contributed by atoms with Crippen LogP contribution < -0.4 is 5.32 Å². The van der Waals surface area contributed by atoms with Gasteiger partial charge in [0.05, 0.1) is 6.04 Å². The van der Waals surface area contributed by atoms with E-state index < -0.39 is 43.1 Å². The quantitative estimate of drug-likeness (QED) is 0.570. The number of hydrogen-bond donors (Lipinski definition) is 2. The molecule has 1 amide bonds. The Morgan fingerprint density at radius 2 is 1.87 bits per heavy atom. The Bertz CT molecular complexity index is 461.